The number of carbonyl (C=O) groups is 1. The summed E-state index contributed by atoms with van der Waals surface area (Å²) in [4.78, 5) is 12.1. The van der Waals surface area contributed by atoms with Gasteiger partial charge >= 0.3 is 0 Å². The lowest BCUT2D eigenvalue weighted by Gasteiger charge is -2.16. The number of benzene rings is 2. The van der Waals surface area contributed by atoms with Crippen molar-refractivity contribution >= 4 is 23.5 Å². The van der Waals surface area contributed by atoms with Gasteiger partial charge < -0.3 is 10.1 Å². The SMILES string of the molecule is Cc1ccc(Oc2ccc(C3SCC(=O)Nc4c3c(C)nn4C)cc2)cc1. The van der Waals surface area contributed by atoms with Gasteiger partial charge in [-0.05, 0) is 43.7 Å². The first-order chi connectivity index (χ1) is 13.0. The molecule has 2 aromatic carbocycles. The summed E-state index contributed by atoms with van der Waals surface area (Å²) in [6.45, 7) is 4.04. The Balaban J connectivity index is 1.62. The van der Waals surface area contributed by atoms with Crippen LogP contribution in [0.15, 0.2) is 48.5 Å². The predicted octanol–water partition coefficient (Wildman–Crippen LogP) is 4.60. The van der Waals surface area contributed by atoms with Crippen LogP contribution in [0.1, 0.15) is 27.6 Å². The zero-order valence-corrected chi connectivity index (χ0v) is 16.3. The van der Waals surface area contributed by atoms with Crippen LogP contribution >= 0.6 is 11.8 Å². The standard InChI is InChI=1S/C21H21N3O2S/c1-13-4-8-16(9-5-13)26-17-10-6-15(7-11-17)20-19-14(2)23-24(3)21(19)22-18(25)12-27-20/h4-11,20H,12H2,1-3H3,(H,22,25). The number of rotatable bonds is 3. The minimum Gasteiger partial charge on any atom is -0.457 e. The summed E-state index contributed by atoms with van der Waals surface area (Å²) in [5.74, 6) is 2.81. The number of hydrogen-bond acceptors (Lipinski definition) is 4. The van der Waals surface area contributed by atoms with Gasteiger partial charge in [-0.1, -0.05) is 29.8 Å². The van der Waals surface area contributed by atoms with Gasteiger partial charge in [0.05, 0.1) is 16.7 Å². The van der Waals surface area contributed by atoms with Crippen molar-refractivity contribution in [3.05, 3.63) is 70.9 Å². The number of hydrogen-bond donors (Lipinski definition) is 1. The highest BCUT2D eigenvalue weighted by molar-refractivity contribution is 8.00. The predicted molar refractivity (Wildman–Crippen MR) is 109 cm³/mol. The number of thioether (sulfide) groups is 1. The molecular formula is C21H21N3O2S. The fraction of sp³-hybridized carbons (Fsp3) is 0.238. The molecule has 138 valence electrons. The Hall–Kier alpha value is -2.73. The Bertz CT molecular complexity index is 978. The quantitative estimate of drug-likeness (QED) is 0.722. The molecule has 0 bridgehead atoms. The van der Waals surface area contributed by atoms with Gasteiger partial charge in [0.25, 0.3) is 0 Å². The Morgan fingerprint density at radius 3 is 2.37 bits per heavy atom. The Morgan fingerprint density at radius 2 is 1.70 bits per heavy atom. The zero-order valence-electron chi connectivity index (χ0n) is 15.5. The van der Waals surface area contributed by atoms with Crippen LogP contribution < -0.4 is 10.1 Å². The van der Waals surface area contributed by atoms with Crippen LogP contribution in [-0.4, -0.2) is 21.4 Å². The van der Waals surface area contributed by atoms with E-state index in [1.807, 2.05) is 50.4 Å². The molecule has 2 heterocycles. The highest BCUT2D eigenvalue weighted by atomic mass is 32.2. The molecule has 0 fully saturated rings. The maximum atomic E-state index is 12.1. The van der Waals surface area contributed by atoms with Gasteiger partial charge in [-0.25, -0.2) is 0 Å². The topological polar surface area (TPSA) is 56.1 Å². The number of anilines is 1. The maximum absolute atomic E-state index is 12.1. The number of nitrogens with zero attached hydrogens (tertiary/aromatic N) is 2. The van der Waals surface area contributed by atoms with Crippen LogP contribution in [0.2, 0.25) is 0 Å². The van der Waals surface area contributed by atoms with E-state index in [2.05, 4.69) is 29.5 Å². The van der Waals surface area contributed by atoms with Gasteiger partial charge in [-0.3, -0.25) is 9.48 Å². The summed E-state index contributed by atoms with van der Waals surface area (Å²) in [5.41, 5.74) is 4.34. The fourth-order valence-electron chi connectivity index (χ4n) is 3.26. The Morgan fingerprint density at radius 1 is 1.07 bits per heavy atom. The number of ether oxygens (including phenoxy) is 1. The van der Waals surface area contributed by atoms with Gasteiger partial charge in [-0.15, -0.1) is 11.8 Å². The van der Waals surface area contributed by atoms with Crippen molar-refractivity contribution in [3.63, 3.8) is 0 Å². The summed E-state index contributed by atoms with van der Waals surface area (Å²) in [6, 6.07) is 16.1. The number of fused-ring (bicyclic) bond motifs is 1. The van der Waals surface area contributed by atoms with E-state index in [4.69, 9.17) is 4.74 Å². The third kappa shape index (κ3) is 3.57. The first-order valence-corrected chi connectivity index (χ1v) is 9.85. The lowest BCUT2D eigenvalue weighted by Crippen LogP contribution is -2.15. The van der Waals surface area contributed by atoms with Crippen LogP contribution in [0.4, 0.5) is 5.82 Å². The van der Waals surface area contributed by atoms with E-state index >= 15 is 0 Å². The van der Waals surface area contributed by atoms with Gasteiger partial charge in [0.1, 0.15) is 17.3 Å². The lowest BCUT2D eigenvalue weighted by molar-refractivity contribution is -0.113. The summed E-state index contributed by atoms with van der Waals surface area (Å²) in [7, 11) is 1.86. The molecule has 4 rings (SSSR count). The zero-order chi connectivity index (χ0) is 19.0. The number of nitrogens with one attached hydrogen (secondary N) is 1. The maximum Gasteiger partial charge on any atom is 0.235 e. The van der Waals surface area contributed by atoms with Crippen LogP contribution in [0, 0.1) is 13.8 Å². The largest absolute Gasteiger partial charge is 0.457 e. The van der Waals surface area contributed by atoms with E-state index in [0.29, 0.717) is 5.75 Å². The summed E-state index contributed by atoms with van der Waals surface area (Å²) in [6.07, 6.45) is 0. The van der Waals surface area contributed by atoms with E-state index in [1.54, 1.807) is 16.4 Å². The van der Waals surface area contributed by atoms with Crippen LogP contribution in [-0.2, 0) is 11.8 Å². The van der Waals surface area contributed by atoms with Gasteiger partial charge in [0.15, 0.2) is 0 Å². The molecule has 6 heteroatoms. The van der Waals surface area contributed by atoms with Crippen molar-refractivity contribution in [2.45, 2.75) is 19.1 Å². The highest BCUT2D eigenvalue weighted by Crippen LogP contribution is 2.43. The lowest BCUT2D eigenvalue weighted by atomic mass is 10.0. The van der Waals surface area contributed by atoms with Crippen LogP contribution in [0.5, 0.6) is 11.5 Å². The number of aromatic nitrogens is 2. The molecule has 1 unspecified atom stereocenters. The molecule has 1 aliphatic heterocycles. The molecule has 0 saturated heterocycles. The molecular weight excluding hydrogens is 358 g/mol. The number of carbonyl (C=O) groups excluding carboxylic acids is 1. The molecule has 0 spiro atoms. The van der Waals surface area contributed by atoms with E-state index < -0.39 is 0 Å². The van der Waals surface area contributed by atoms with E-state index in [0.717, 1.165) is 34.1 Å². The second kappa shape index (κ2) is 7.12. The van der Waals surface area contributed by atoms with E-state index in [-0.39, 0.29) is 11.2 Å². The van der Waals surface area contributed by atoms with Crippen molar-refractivity contribution in [1.82, 2.24) is 9.78 Å². The molecule has 1 atom stereocenters. The second-order valence-corrected chi connectivity index (χ2v) is 7.79. The van der Waals surface area contributed by atoms with Gasteiger partial charge in [0.2, 0.25) is 5.91 Å². The molecule has 0 radical (unpaired) electrons. The van der Waals surface area contributed by atoms with Crippen molar-refractivity contribution in [2.24, 2.45) is 7.05 Å². The smallest absolute Gasteiger partial charge is 0.235 e. The average Bonchev–Trinajstić information content (AvgIpc) is 2.82. The molecule has 0 aliphatic carbocycles. The molecule has 0 saturated carbocycles. The highest BCUT2D eigenvalue weighted by Gasteiger charge is 2.29. The molecule has 27 heavy (non-hydrogen) atoms. The molecule has 5 nitrogen and oxygen atoms in total. The fourth-order valence-corrected chi connectivity index (χ4v) is 4.45. The normalized spacial score (nSPS) is 16.4. The minimum atomic E-state index is 0.00562. The Kier molecular flexibility index (Phi) is 4.66. The molecule has 1 amide bonds. The third-order valence-electron chi connectivity index (χ3n) is 4.61. The molecule has 1 N–H and O–H groups in total. The van der Waals surface area contributed by atoms with Crippen molar-refractivity contribution in [1.29, 1.82) is 0 Å². The van der Waals surface area contributed by atoms with Crippen LogP contribution in [0.25, 0.3) is 0 Å². The summed E-state index contributed by atoms with van der Waals surface area (Å²) >= 11 is 1.62. The first-order valence-electron chi connectivity index (χ1n) is 8.80. The number of amides is 1. The molecule has 3 aromatic rings. The van der Waals surface area contributed by atoms with Crippen molar-refractivity contribution in [3.8, 4) is 11.5 Å². The molecule has 1 aromatic heterocycles. The third-order valence-corrected chi connectivity index (χ3v) is 5.88. The summed E-state index contributed by atoms with van der Waals surface area (Å²) in [5, 5.41) is 7.52. The van der Waals surface area contributed by atoms with E-state index in [9.17, 15) is 4.79 Å². The van der Waals surface area contributed by atoms with Crippen molar-refractivity contribution in [2.75, 3.05) is 11.1 Å². The first kappa shape index (κ1) is 17.7. The molecule has 1 aliphatic rings. The van der Waals surface area contributed by atoms with Gasteiger partial charge in [-0.2, -0.15) is 5.10 Å². The minimum absolute atomic E-state index is 0.00562. The second-order valence-electron chi connectivity index (χ2n) is 6.69. The number of aryl methyl sites for hydroxylation is 3. The summed E-state index contributed by atoms with van der Waals surface area (Å²) < 4.78 is 7.67. The average molecular weight is 379 g/mol. The van der Waals surface area contributed by atoms with Gasteiger partial charge in [0, 0.05) is 12.6 Å². The monoisotopic (exact) mass is 379 g/mol. The van der Waals surface area contributed by atoms with Crippen LogP contribution in [0.3, 0.4) is 0 Å². The van der Waals surface area contributed by atoms with E-state index in [1.165, 1.54) is 5.56 Å². The van der Waals surface area contributed by atoms with Crippen molar-refractivity contribution < 1.29 is 9.53 Å². The Labute approximate surface area is 162 Å².